The molecule has 0 saturated carbocycles. The van der Waals surface area contributed by atoms with Gasteiger partial charge in [-0.15, -0.1) is 0 Å². The van der Waals surface area contributed by atoms with Gasteiger partial charge in [-0.25, -0.2) is 9.97 Å². The van der Waals surface area contributed by atoms with Crippen LogP contribution >= 0.6 is 0 Å². The molecule has 1 aromatic heterocycles. The Morgan fingerprint density at radius 2 is 2.07 bits per heavy atom. The van der Waals surface area contributed by atoms with E-state index in [0.717, 1.165) is 42.9 Å². The number of rotatable bonds is 6. The number of benzene rings is 1. The summed E-state index contributed by atoms with van der Waals surface area (Å²) in [6, 6.07) is 8.13. The minimum absolute atomic E-state index is 0.108. The number of methoxy groups -OCH3 is 1. The smallest absolute Gasteiger partial charge is 0.256 e. The van der Waals surface area contributed by atoms with Gasteiger partial charge in [-0.3, -0.25) is 4.79 Å². The monoisotopic (exact) mass is 382 g/mol. The molecule has 0 spiro atoms. The quantitative estimate of drug-likeness (QED) is 0.816. The van der Waals surface area contributed by atoms with Crippen LogP contribution < -0.4 is 15.0 Å². The molecule has 2 heterocycles. The highest BCUT2D eigenvalue weighted by Gasteiger charge is 2.26. The van der Waals surface area contributed by atoms with Crippen molar-refractivity contribution in [1.82, 2.24) is 15.3 Å². The molecule has 2 aromatic rings. The van der Waals surface area contributed by atoms with Crippen molar-refractivity contribution in [3.05, 3.63) is 36.0 Å². The molecule has 2 atom stereocenters. The van der Waals surface area contributed by atoms with Crippen LogP contribution in [0, 0.1) is 0 Å². The van der Waals surface area contributed by atoms with E-state index in [4.69, 9.17) is 9.72 Å². The summed E-state index contributed by atoms with van der Waals surface area (Å²) in [5.41, 5.74) is 1.45. The fraction of sp³-hybridized carbons (Fsp3) is 0.500. The Hall–Kier alpha value is -2.63. The molecular weight excluding hydrogens is 352 g/mol. The Morgan fingerprint density at radius 3 is 2.71 bits per heavy atom. The molecule has 1 aromatic carbocycles. The van der Waals surface area contributed by atoms with Crippen LogP contribution in [0.3, 0.4) is 0 Å². The van der Waals surface area contributed by atoms with Gasteiger partial charge in [-0.1, -0.05) is 6.92 Å². The number of anilines is 1. The Kier molecular flexibility index (Phi) is 6.49. The molecule has 0 bridgehead atoms. The van der Waals surface area contributed by atoms with Crippen molar-refractivity contribution < 1.29 is 9.53 Å². The topological polar surface area (TPSA) is 67.3 Å². The number of nitrogens with zero attached hydrogens (tertiary/aromatic N) is 3. The molecule has 1 aliphatic rings. The second kappa shape index (κ2) is 9.04. The minimum Gasteiger partial charge on any atom is -0.497 e. The van der Waals surface area contributed by atoms with Crippen LogP contribution in [0.2, 0.25) is 0 Å². The van der Waals surface area contributed by atoms with Crippen LogP contribution in [-0.4, -0.2) is 41.6 Å². The van der Waals surface area contributed by atoms with E-state index in [1.54, 1.807) is 13.3 Å². The highest BCUT2D eigenvalue weighted by atomic mass is 16.5. The van der Waals surface area contributed by atoms with Crippen molar-refractivity contribution in [1.29, 1.82) is 0 Å². The Labute approximate surface area is 167 Å². The molecule has 0 aliphatic carbocycles. The van der Waals surface area contributed by atoms with E-state index in [1.165, 1.54) is 6.42 Å². The van der Waals surface area contributed by atoms with Gasteiger partial charge >= 0.3 is 0 Å². The van der Waals surface area contributed by atoms with Crippen molar-refractivity contribution in [2.24, 2.45) is 0 Å². The second-order valence-corrected chi connectivity index (χ2v) is 7.48. The summed E-state index contributed by atoms with van der Waals surface area (Å²) in [4.78, 5) is 24.5. The Morgan fingerprint density at radius 1 is 1.32 bits per heavy atom. The van der Waals surface area contributed by atoms with Crippen LogP contribution in [0.5, 0.6) is 5.75 Å². The summed E-state index contributed by atoms with van der Waals surface area (Å²) in [7, 11) is 1.64. The van der Waals surface area contributed by atoms with E-state index in [0.29, 0.717) is 17.4 Å². The molecule has 28 heavy (non-hydrogen) atoms. The molecule has 6 nitrogen and oxygen atoms in total. The molecule has 150 valence electrons. The molecule has 1 N–H and O–H groups in total. The summed E-state index contributed by atoms with van der Waals surface area (Å²) in [5.74, 6) is 2.03. The molecule has 3 rings (SSSR count). The van der Waals surface area contributed by atoms with Crippen molar-refractivity contribution in [2.45, 2.75) is 58.5 Å². The molecule has 1 amide bonds. The van der Waals surface area contributed by atoms with Crippen molar-refractivity contribution >= 4 is 11.7 Å². The number of amides is 1. The molecular formula is C22H30N4O2. The van der Waals surface area contributed by atoms with Crippen LogP contribution in [0.25, 0.3) is 11.4 Å². The molecule has 0 radical (unpaired) electrons. The van der Waals surface area contributed by atoms with E-state index in [1.807, 2.05) is 31.2 Å². The SMILES string of the molecule is CCC(C)NC(=O)c1cnc(-c2ccc(OC)cc2)nc1N1CCCCC1C. The summed E-state index contributed by atoms with van der Waals surface area (Å²) in [5, 5.41) is 3.05. The van der Waals surface area contributed by atoms with E-state index in [-0.39, 0.29) is 11.9 Å². The maximum atomic E-state index is 12.9. The number of ether oxygens (including phenoxy) is 1. The molecule has 1 saturated heterocycles. The lowest BCUT2D eigenvalue weighted by Gasteiger charge is -2.35. The standard InChI is InChI=1S/C22H30N4O2/c1-5-15(2)24-22(27)19-14-23-20(17-9-11-18(28-4)12-10-17)25-21(19)26-13-7-6-8-16(26)3/h9-12,14-16H,5-8,13H2,1-4H3,(H,24,27). The number of carbonyl (C=O) groups is 1. The number of carbonyl (C=O) groups excluding carboxylic acids is 1. The van der Waals surface area contributed by atoms with E-state index >= 15 is 0 Å². The summed E-state index contributed by atoms with van der Waals surface area (Å²) in [6.45, 7) is 7.17. The summed E-state index contributed by atoms with van der Waals surface area (Å²) < 4.78 is 5.23. The first kappa shape index (κ1) is 20.1. The van der Waals surface area contributed by atoms with Gasteiger partial charge in [0.1, 0.15) is 17.1 Å². The third kappa shape index (κ3) is 4.43. The normalized spacial score (nSPS) is 17.9. The Bertz CT molecular complexity index is 807. The van der Waals surface area contributed by atoms with Crippen molar-refractivity contribution in [2.75, 3.05) is 18.6 Å². The third-order valence-electron chi connectivity index (χ3n) is 5.43. The zero-order valence-corrected chi connectivity index (χ0v) is 17.2. The number of nitrogens with one attached hydrogen (secondary N) is 1. The first-order chi connectivity index (χ1) is 13.5. The number of piperidine rings is 1. The molecule has 2 unspecified atom stereocenters. The minimum atomic E-state index is -0.108. The number of hydrogen-bond donors (Lipinski definition) is 1. The van der Waals surface area contributed by atoms with Crippen molar-refractivity contribution in [3.8, 4) is 17.1 Å². The van der Waals surface area contributed by atoms with Crippen LogP contribution in [0.1, 0.15) is 56.8 Å². The zero-order valence-electron chi connectivity index (χ0n) is 17.2. The first-order valence-electron chi connectivity index (χ1n) is 10.1. The van der Waals surface area contributed by atoms with Crippen LogP contribution in [0.15, 0.2) is 30.5 Å². The van der Waals surface area contributed by atoms with Gasteiger partial charge in [0.2, 0.25) is 0 Å². The lowest BCUT2D eigenvalue weighted by molar-refractivity contribution is 0.0939. The van der Waals surface area contributed by atoms with Crippen molar-refractivity contribution in [3.63, 3.8) is 0 Å². The predicted octanol–water partition coefficient (Wildman–Crippen LogP) is 4.06. The largest absolute Gasteiger partial charge is 0.497 e. The van der Waals surface area contributed by atoms with E-state index < -0.39 is 0 Å². The Balaban J connectivity index is 2.00. The summed E-state index contributed by atoms with van der Waals surface area (Å²) in [6.07, 6.45) is 5.97. The average Bonchev–Trinajstić information content (AvgIpc) is 2.73. The van der Waals surface area contributed by atoms with Gasteiger partial charge in [0.05, 0.1) is 7.11 Å². The van der Waals surface area contributed by atoms with Gasteiger partial charge < -0.3 is 15.0 Å². The number of aromatic nitrogens is 2. The first-order valence-corrected chi connectivity index (χ1v) is 10.1. The maximum Gasteiger partial charge on any atom is 0.256 e. The second-order valence-electron chi connectivity index (χ2n) is 7.48. The molecule has 1 aliphatic heterocycles. The third-order valence-corrected chi connectivity index (χ3v) is 5.43. The van der Waals surface area contributed by atoms with Crippen LogP contribution in [-0.2, 0) is 0 Å². The fourth-order valence-corrected chi connectivity index (χ4v) is 3.45. The van der Waals surface area contributed by atoms with E-state index in [2.05, 4.69) is 29.0 Å². The summed E-state index contributed by atoms with van der Waals surface area (Å²) >= 11 is 0. The zero-order chi connectivity index (χ0) is 20.1. The highest BCUT2D eigenvalue weighted by molar-refractivity contribution is 5.99. The fourth-order valence-electron chi connectivity index (χ4n) is 3.45. The van der Waals surface area contributed by atoms with Gasteiger partial charge in [-0.05, 0) is 63.8 Å². The lowest BCUT2D eigenvalue weighted by atomic mass is 10.0. The van der Waals surface area contributed by atoms with Gasteiger partial charge in [-0.2, -0.15) is 0 Å². The predicted molar refractivity (Wildman–Crippen MR) is 112 cm³/mol. The average molecular weight is 383 g/mol. The lowest BCUT2D eigenvalue weighted by Crippen LogP contribution is -2.40. The maximum absolute atomic E-state index is 12.9. The van der Waals surface area contributed by atoms with E-state index in [9.17, 15) is 4.79 Å². The molecule has 6 heteroatoms. The van der Waals surface area contributed by atoms with Gasteiger partial charge in [0.25, 0.3) is 5.91 Å². The van der Waals surface area contributed by atoms with Gasteiger partial charge in [0.15, 0.2) is 5.82 Å². The van der Waals surface area contributed by atoms with Crippen LogP contribution in [0.4, 0.5) is 5.82 Å². The molecule has 1 fully saturated rings. The number of hydrogen-bond acceptors (Lipinski definition) is 5. The van der Waals surface area contributed by atoms with Gasteiger partial charge in [0, 0.05) is 30.4 Å². The highest BCUT2D eigenvalue weighted by Crippen LogP contribution is 2.29.